The summed E-state index contributed by atoms with van der Waals surface area (Å²) in [4.78, 5) is 0.0771. The van der Waals surface area contributed by atoms with E-state index < -0.39 is 26.1 Å². The first-order valence-corrected chi connectivity index (χ1v) is 14.1. The van der Waals surface area contributed by atoms with Crippen LogP contribution in [0.2, 0.25) is 0 Å². The SMILES string of the molecule is Cc1ccc(S(=O)(=O)O/C(=C(\C#N)C2C=CN(S(=O)(=O)c3ccc(C)cc3)C=C2)c2ccccc2)cc1. The van der Waals surface area contributed by atoms with Crippen molar-refractivity contribution in [3.63, 3.8) is 0 Å². The second-order valence-corrected chi connectivity index (χ2v) is 11.8. The van der Waals surface area contributed by atoms with Crippen molar-refractivity contribution in [3.05, 3.63) is 126 Å². The molecule has 0 spiro atoms. The molecule has 9 heteroatoms. The summed E-state index contributed by atoms with van der Waals surface area (Å²) in [5.74, 6) is -0.851. The highest BCUT2D eigenvalue weighted by atomic mass is 32.2. The Morgan fingerprint density at radius 2 is 1.30 bits per heavy atom. The molecule has 188 valence electrons. The molecule has 1 aliphatic rings. The molecular weight excluding hydrogens is 508 g/mol. The van der Waals surface area contributed by atoms with E-state index in [1.54, 1.807) is 54.6 Å². The van der Waals surface area contributed by atoms with Crippen LogP contribution in [0.5, 0.6) is 0 Å². The first kappa shape index (κ1) is 25.9. The Morgan fingerprint density at radius 1 is 0.784 bits per heavy atom. The van der Waals surface area contributed by atoms with Crippen LogP contribution in [0, 0.1) is 31.1 Å². The van der Waals surface area contributed by atoms with Gasteiger partial charge in [0.05, 0.1) is 16.5 Å². The van der Waals surface area contributed by atoms with Gasteiger partial charge in [-0.3, -0.25) is 0 Å². The van der Waals surface area contributed by atoms with Gasteiger partial charge in [-0.25, -0.2) is 12.7 Å². The van der Waals surface area contributed by atoms with E-state index in [4.69, 9.17) is 4.18 Å². The number of allylic oxidation sites excluding steroid dienone is 3. The van der Waals surface area contributed by atoms with E-state index in [2.05, 4.69) is 6.07 Å². The van der Waals surface area contributed by atoms with Crippen LogP contribution in [0.25, 0.3) is 5.76 Å². The zero-order valence-electron chi connectivity index (χ0n) is 20.1. The quantitative estimate of drug-likeness (QED) is 0.233. The lowest BCUT2D eigenvalue weighted by Crippen LogP contribution is -2.23. The smallest absolute Gasteiger partial charge is 0.339 e. The van der Waals surface area contributed by atoms with E-state index in [1.807, 2.05) is 13.8 Å². The van der Waals surface area contributed by atoms with Crippen LogP contribution in [0.3, 0.4) is 0 Å². The fraction of sp³-hybridized carbons (Fsp3) is 0.107. The summed E-state index contributed by atoms with van der Waals surface area (Å²) in [5.41, 5.74) is 2.23. The number of nitrogens with zero attached hydrogens (tertiary/aromatic N) is 2. The molecule has 0 fully saturated rings. The van der Waals surface area contributed by atoms with E-state index in [9.17, 15) is 22.1 Å². The van der Waals surface area contributed by atoms with Crippen molar-refractivity contribution in [2.24, 2.45) is 5.92 Å². The van der Waals surface area contributed by atoms with Crippen molar-refractivity contribution in [2.45, 2.75) is 23.6 Å². The van der Waals surface area contributed by atoms with Crippen molar-refractivity contribution in [2.75, 3.05) is 0 Å². The van der Waals surface area contributed by atoms with Gasteiger partial charge in [0.1, 0.15) is 4.90 Å². The van der Waals surface area contributed by atoms with Crippen LogP contribution in [0.15, 0.2) is 119 Å². The lowest BCUT2D eigenvalue weighted by molar-refractivity contribution is 0.460. The maximum absolute atomic E-state index is 13.1. The molecule has 0 N–H and O–H groups in total. The molecule has 1 aliphatic heterocycles. The third-order valence-electron chi connectivity index (χ3n) is 5.71. The third-order valence-corrected chi connectivity index (χ3v) is 8.62. The standard InChI is InChI=1S/C28H24N2O5S2/c1-21-8-12-25(13-9-21)36(31,32)30-18-16-23(17-19-30)27(20-29)28(24-6-4-3-5-7-24)35-37(33,34)26-14-10-22(2)11-15-26/h3-19,23H,1-2H3/b28-27+. The van der Waals surface area contributed by atoms with Gasteiger partial charge in [-0.2, -0.15) is 13.7 Å². The Hall–Kier alpha value is -4.13. The highest BCUT2D eigenvalue weighted by Crippen LogP contribution is 2.32. The van der Waals surface area contributed by atoms with Crippen molar-refractivity contribution in [1.82, 2.24) is 4.31 Å². The zero-order chi connectivity index (χ0) is 26.6. The second kappa shape index (κ2) is 10.5. The maximum Gasteiger partial charge on any atom is 0.339 e. The normalized spacial score (nSPS) is 14.7. The molecule has 37 heavy (non-hydrogen) atoms. The average Bonchev–Trinajstić information content (AvgIpc) is 2.90. The Bertz CT molecular complexity index is 1620. The lowest BCUT2D eigenvalue weighted by atomic mass is 9.95. The number of benzene rings is 3. The lowest BCUT2D eigenvalue weighted by Gasteiger charge is -2.22. The summed E-state index contributed by atoms with van der Waals surface area (Å²) < 4.78 is 58.8. The molecule has 0 aliphatic carbocycles. The molecule has 0 unspecified atom stereocenters. The molecule has 0 saturated heterocycles. The summed E-state index contributed by atoms with van der Waals surface area (Å²) in [6, 6.07) is 23.2. The van der Waals surface area contributed by atoms with Crippen LogP contribution >= 0.6 is 0 Å². The molecule has 4 rings (SSSR count). The molecule has 0 saturated carbocycles. The van der Waals surface area contributed by atoms with Gasteiger partial charge in [-0.05, 0) is 38.1 Å². The number of hydrogen-bond donors (Lipinski definition) is 0. The van der Waals surface area contributed by atoms with Crippen LogP contribution in [-0.2, 0) is 24.3 Å². The molecular formula is C28H24N2O5S2. The van der Waals surface area contributed by atoms with Gasteiger partial charge in [-0.1, -0.05) is 77.9 Å². The predicted molar refractivity (Wildman–Crippen MR) is 140 cm³/mol. The van der Waals surface area contributed by atoms with Crippen molar-refractivity contribution < 1.29 is 21.0 Å². The van der Waals surface area contributed by atoms with Crippen LogP contribution < -0.4 is 0 Å². The van der Waals surface area contributed by atoms with E-state index >= 15 is 0 Å². The third kappa shape index (κ3) is 5.66. The molecule has 0 aromatic heterocycles. The fourth-order valence-electron chi connectivity index (χ4n) is 3.63. The second-order valence-electron chi connectivity index (χ2n) is 8.43. The molecule has 0 bridgehead atoms. The average molecular weight is 533 g/mol. The van der Waals surface area contributed by atoms with Crippen molar-refractivity contribution >= 4 is 25.9 Å². The summed E-state index contributed by atoms with van der Waals surface area (Å²) in [6.45, 7) is 3.70. The van der Waals surface area contributed by atoms with Crippen molar-refractivity contribution in [1.29, 1.82) is 5.26 Å². The fourth-order valence-corrected chi connectivity index (χ4v) is 5.79. The highest BCUT2D eigenvalue weighted by molar-refractivity contribution is 7.89. The number of sulfonamides is 1. The summed E-state index contributed by atoms with van der Waals surface area (Å²) in [6.07, 6.45) is 5.70. The molecule has 3 aromatic carbocycles. The monoisotopic (exact) mass is 532 g/mol. The topological polar surface area (TPSA) is 105 Å². The molecule has 0 atom stereocenters. The Morgan fingerprint density at radius 3 is 1.81 bits per heavy atom. The summed E-state index contributed by atoms with van der Waals surface area (Å²) in [5, 5.41) is 10.1. The number of hydrogen-bond acceptors (Lipinski definition) is 6. The summed E-state index contributed by atoms with van der Waals surface area (Å²) >= 11 is 0. The Kier molecular flexibility index (Phi) is 7.34. The number of rotatable bonds is 7. The summed E-state index contributed by atoms with van der Waals surface area (Å²) in [7, 11) is -8.10. The van der Waals surface area contributed by atoms with Gasteiger partial charge in [0, 0.05) is 23.9 Å². The molecule has 7 nitrogen and oxygen atoms in total. The van der Waals surface area contributed by atoms with E-state index in [1.165, 1.54) is 48.8 Å². The van der Waals surface area contributed by atoms with Gasteiger partial charge >= 0.3 is 10.1 Å². The minimum absolute atomic E-state index is 0.0155. The highest BCUT2D eigenvalue weighted by Gasteiger charge is 2.27. The molecule has 3 aromatic rings. The van der Waals surface area contributed by atoms with Gasteiger partial charge < -0.3 is 4.18 Å². The van der Waals surface area contributed by atoms with E-state index in [-0.39, 0.29) is 21.1 Å². The minimum atomic E-state index is -4.26. The van der Waals surface area contributed by atoms with Gasteiger partial charge in [-0.15, -0.1) is 0 Å². The zero-order valence-corrected chi connectivity index (χ0v) is 21.8. The van der Waals surface area contributed by atoms with Gasteiger partial charge in [0.15, 0.2) is 5.76 Å². The first-order valence-electron chi connectivity index (χ1n) is 11.3. The number of nitriles is 1. The predicted octanol–water partition coefficient (Wildman–Crippen LogP) is 5.29. The van der Waals surface area contributed by atoms with Crippen LogP contribution in [-0.4, -0.2) is 21.1 Å². The maximum atomic E-state index is 13.1. The van der Waals surface area contributed by atoms with Crippen LogP contribution in [0.4, 0.5) is 0 Å². The molecule has 0 amide bonds. The van der Waals surface area contributed by atoms with E-state index in [0.717, 1.165) is 15.4 Å². The minimum Gasteiger partial charge on any atom is -0.377 e. The Balaban J connectivity index is 1.71. The van der Waals surface area contributed by atoms with Gasteiger partial charge in [0.2, 0.25) is 0 Å². The van der Waals surface area contributed by atoms with Crippen LogP contribution in [0.1, 0.15) is 16.7 Å². The van der Waals surface area contributed by atoms with Gasteiger partial charge in [0.25, 0.3) is 10.0 Å². The molecule has 1 heterocycles. The number of aryl methyl sites for hydroxylation is 2. The first-order chi connectivity index (χ1) is 17.6. The molecule has 0 radical (unpaired) electrons. The Labute approximate surface area is 217 Å². The van der Waals surface area contributed by atoms with Crippen molar-refractivity contribution in [3.8, 4) is 6.07 Å². The largest absolute Gasteiger partial charge is 0.377 e. The van der Waals surface area contributed by atoms with E-state index in [0.29, 0.717) is 5.56 Å².